The van der Waals surface area contributed by atoms with Gasteiger partial charge in [0.25, 0.3) is 5.69 Å². The number of alkyl halides is 3. The number of hydrogen-bond acceptors (Lipinski definition) is 5. The summed E-state index contributed by atoms with van der Waals surface area (Å²) >= 11 is 0. The Morgan fingerprint density at radius 3 is 2.12 bits per heavy atom. The van der Waals surface area contributed by atoms with E-state index in [2.05, 4.69) is 4.18 Å². The lowest BCUT2D eigenvalue weighted by Crippen LogP contribution is -2.14. The summed E-state index contributed by atoms with van der Waals surface area (Å²) in [5.74, 6) is -1.98. The standard InChI is InChI=1S/C13H7F4NO5S/c14-12-6-5-10(7-11(12)13(15,16)17)24(21,22)23-9-3-1-8(2-4-9)18(19)20/h1-7H. The normalized spacial score (nSPS) is 12.0. The summed E-state index contributed by atoms with van der Waals surface area (Å²) in [5, 5.41) is 10.5. The number of non-ortho nitro benzene ring substituents is 1. The van der Waals surface area contributed by atoms with Crippen LogP contribution in [0.25, 0.3) is 0 Å². The molecule has 0 aliphatic carbocycles. The predicted octanol–water partition coefficient (Wildman–Crippen LogP) is 3.52. The monoisotopic (exact) mass is 365 g/mol. The second kappa shape index (κ2) is 6.07. The molecule has 0 spiro atoms. The molecule has 2 aromatic rings. The molecular formula is C13H7F4NO5S. The SMILES string of the molecule is O=[N+]([O-])c1ccc(OS(=O)(=O)c2ccc(F)c(C(F)(F)F)c2)cc1. The van der Waals surface area contributed by atoms with Crippen LogP contribution < -0.4 is 4.18 Å². The van der Waals surface area contributed by atoms with Gasteiger partial charge in [0.15, 0.2) is 0 Å². The van der Waals surface area contributed by atoms with E-state index in [1.165, 1.54) is 0 Å². The zero-order chi connectivity index (χ0) is 18.1. The van der Waals surface area contributed by atoms with Gasteiger partial charge in [-0.3, -0.25) is 10.1 Å². The van der Waals surface area contributed by atoms with Crippen molar-refractivity contribution >= 4 is 15.8 Å². The molecule has 0 aromatic heterocycles. The molecule has 11 heteroatoms. The molecule has 2 aromatic carbocycles. The Morgan fingerprint density at radius 2 is 1.62 bits per heavy atom. The molecule has 0 atom stereocenters. The zero-order valence-corrected chi connectivity index (χ0v) is 12.3. The highest BCUT2D eigenvalue weighted by atomic mass is 32.2. The van der Waals surface area contributed by atoms with Crippen molar-refractivity contribution in [1.29, 1.82) is 0 Å². The lowest BCUT2D eigenvalue weighted by molar-refractivity contribution is -0.384. The lowest BCUT2D eigenvalue weighted by Gasteiger charge is -2.11. The summed E-state index contributed by atoms with van der Waals surface area (Å²) in [7, 11) is -4.68. The lowest BCUT2D eigenvalue weighted by atomic mass is 10.2. The smallest absolute Gasteiger partial charge is 0.379 e. The highest BCUT2D eigenvalue weighted by Gasteiger charge is 2.35. The van der Waals surface area contributed by atoms with Crippen LogP contribution in [0.4, 0.5) is 23.2 Å². The van der Waals surface area contributed by atoms with Gasteiger partial charge in [-0.25, -0.2) is 4.39 Å². The van der Waals surface area contributed by atoms with Gasteiger partial charge in [-0.1, -0.05) is 0 Å². The second-order valence-corrected chi connectivity index (χ2v) is 5.97. The van der Waals surface area contributed by atoms with Crippen molar-refractivity contribution in [2.75, 3.05) is 0 Å². The summed E-state index contributed by atoms with van der Waals surface area (Å²) in [6.07, 6.45) is -5.08. The first-order chi connectivity index (χ1) is 11.0. The molecule has 0 unspecified atom stereocenters. The van der Waals surface area contributed by atoms with Crippen LogP contribution >= 0.6 is 0 Å². The number of hydrogen-bond donors (Lipinski definition) is 0. The Hall–Kier alpha value is -2.69. The first kappa shape index (κ1) is 17.7. The fourth-order valence-corrected chi connectivity index (χ4v) is 2.63. The quantitative estimate of drug-likeness (QED) is 0.358. The van der Waals surface area contributed by atoms with Gasteiger partial charge in [0.1, 0.15) is 16.5 Å². The molecule has 0 fully saturated rings. The summed E-state index contributed by atoms with van der Waals surface area (Å²) in [6.45, 7) is 0. The second-order valence-electron chi connectivity index (χ2n) is 4.43. The molecule has 128 valence electrons. The molecule has 0 saturated carbocycles. The third kappa shape index (κ3) is 3.79. The maximum absolute atomic E-state index is 13.2. The molecule has 0 amide bonds. The van der Waals surface area contributed by atoms with E-state index in [0.717, 1.165) is 24.3 Å². The topological polar surface area (TPSA) is 86.5 Å². The predicted molar refractivity (Wildman–Crippen MR) is 72.3 cm³/mol. The van der Waals surface area contributed by atoms with Crippen molar-refractivity contribution < 1.29 is 35.1 Å². The minimum absolute atomic E-state index is 0.107. The zero-order valence-electron chi connectivity index (χ0n) is 11.5. The van der Waals surface area contributed by atoms with E-state index in [4.69, 9.17) is 0 Å². The van der Waals surface area contributed by atoms with Gasteiger partial charge in [0, 0.05) is 12.1 Å². The van der Waals surface area contributed by atoms with Crippen LogP contribution in [0.5, 0.6) is 5.75 Å². The number of rotatable bonds is 4. The van der Waals surface area contributed by atoms with Gasteiger partial charge in [-0.15, -0.1) is 0 Å². The fraction of sp³-hybridized carbons (Fsp3) is 0.0769. The van der Waals surface area contributed by atoms with E-state index in [9.17, 15) is 36.1 Å². The van der Waals surface area contributed by atoms with Crippen molar-refractivity contribution in [1.82, 2.24) is 0 Å². The summed E-state index contributed by atoms with van der Waals surface area (Å²) in [5.41, 5.74) is -2.09. The van der Waals surface area contributed by atoms with Crippen molar-refractivity contribution in [3.05, 3.63) is 64.0 Å². The van der Waals surface area contributed by atoms with Crippen LogP contribution in [-0.4, -0.2) is 13.3 Å². The van der Waals surface area contributed by atoms with E-state index >= 15 is 0 Å². The van der Waals surface area contributed by atoms with E-state index in [0.29, 0.717) is 12.1 Å². The number of benzene rings is 2. The molecule has 2 rings (SSSR count). The van der Waals surface area contributed by atoms with E-state index in [1.807, 2.05) is 0 Å². The number of nitro groups is 1. The van der Waals surface area contributed by atoms with Gasteiger partial charge in [-0.05, 0) is 30.3 Å². The van der Waals surface area contributed by atoms with Crippen molar-refractivity contribution in [2.24, 2.45) is 0 Å². The Bertz CT molecular complexity index is 878. The first-order valence-corrected chi connectivity index (χ1v) is 7.47. The van der Waals surface area contributed by atoms with Crippen LogP contribution in [0, 0.1) is 15.9 Å². The van der Waals surface area contributed by atoms with Gasteiger partial charge in [0.05, 0.1) is 10.5 Å². The van der Waals surface area contributed by atoms with Gasteiger partial charge in [-0.2, -0.15) is 21.6 Å². The summed E-state index contributed by atoms with van der Waals surface area (Å²) in [4.78, 5) is 8.85. The van der Waals surface area contributed by atoms with E-state index in [1.54, 1.807) is 0 Å². The van der Waals surface area contributed by atoms with Gasteiger partial charge >= 0.3 is 16.3 Å². The molecule has 0 heterocycles. The molecule has 0 aliphatic rings. The van der Waals surface area contributed by atoms with Crippen LogP contribution in [0.15, 0.2) is 47.4 Å². The van der Waals surface area contributed by atoms with Crippen molar-refractivity contribution in [3.8, 4) is 5.75 Å². The average Bonchev–Trinajstić information content (AvgIpc) is 2.46. The highest BCUT2D eigenvalue weighted by Crippen LogP contribution is 2.33. The van der Waals surface area contributed by atoms with E-state index in [-0.39, 0.29) is 17.5 Å². The van der Waals surface area contributed by atoms with Crippen LogP contribution in [-0.2, 0) is 16.3 Å². The third-order valence-corrected chi connectivity index (χ3v) is 4.03. The maximum Gasteiger partial charge on any atom is 0.419 e. The molecule has 6 nitrogen and oxygen atoms in total. The van der Waals surface area contributed by atoms with E-state index < -0.39 is 37.5 Å². The molecule has 0 radical (unpaired) electrons. The fourth-order valence-electron chi connectivity index (χ4n) is 1.68. The number of halogens is 4. The van der Waals surface area contributed by atoms with Crippen LogP contribution in [0.1, 0.15) is 5.56 Å². The third-order valence-electron chi connectivity index (χ3n) is 2.79. The number of nitro benzene ring substituents is 1. The molecule has 0 saturated heterocycles. The molecular weight excluding hydrogens is 358 g/mol. The minimum Gasteiger partial charge on any atom is -0.379 e. The summed E-state index contributed by atoms with van der Waals surface area (Å²) in [6, 6.07) is 4.91. The number of nitrogens with zero attached hydrogens (tertiary/aromatic N) is 1. The molecule has 24 heavy (non-hydrogen) atoms. The van der Waals surface area contributed by atoms with Crippen molar-refractivity contribution in [2.45, 2.75) is 11.1 Å². The Labute approximate surface area is 132 Å². The highest BCUT2D eigenvalue weighted by molar-refractivity contribution is 7.87. The Balaban J connectivity index is 2.35. The molecule has 0 N–H and O–H groups in total. The Morgan fingerprint density at radius 1 is 1.04 bits per heavy atom. The van der Waals surface area contributed by atoms with Gasteiger partial charge in [0.2, 0.25) is 0 Å². The molecule has 0 aliphatic heterocycles. The van der Waals surface area contributed by atoms with Crippen LogP contribution in [0.2, 0.25) is 0 Å². The summed E-state index contributed by atoms with van der Waals surface area (Å²) < 4.78 is 79.6. The Kier molecular flexibility index (Phi) is 4.47. The largest absolute Gasteiger partial charge is 0.419 e. The average molecular weight is 365 g/mol. The molecule has 0 bridgehead atoms. The first-order valence-electron chi connectivity index (χ1n) is 6.06. The van der Waals surface area contributed by atoms with Crippen molar-refractivity contribution in [3.63, 3.8) is 0 Å². The minimum atomic E-state index is -5.08. The maximum atomic E-state index is 13.2. The van der Waals surface area contributed by atoms with Gasteiger partial charge < -0.3 is 4.18 Å². The van der Waals surface area contributed by atoms with Crippen LogP contribution in [0.3, 0.4) is 0 Å².